The lowest BCUT2D eigenvalue weighted by Gasteiger charge is -2.14. The normalized spacial score (nSPS) is 12.5. The summed E-state index contributed by atoms with van der Waals surface area (Å²) in [6, 6.07) is 6.16. The van der Waals surface area contributed by atoms with Gasteiger partial charge in [-0.25, -0.2) is 13.1 Å². The standard InChI is InChI=1S/C16H17N3O4S/c1-9-5-6-13(8-17)7-14(9)24(21,22)19-16(20)10(2)15-11(3)18-23-12(15)4/h5-7,10H,1-4H3,(H,19,20)/t10-/m1/s1. The van der Waals surface area contributed by atoms with Gasteiger partial charge in [0.1, 0.15) is 5.76 Å². The zero-order valence-electron chi connectivity index (χ0n) is 13.7. The molecule has 1 atom stereocenters. The van der Waals surface area contributed by atoms with Crippen molar-refractivity contribution in [3.63, 3.8) is 0 Å². The second kappa shape index (κ2) is 6.45. The number of hydrogen-bond donors (Lipinski definition) is 1. The maximum Gasteiger partial charge on any atom is 0.264 e. The van der Waals surface area contributed by atoms with E-state index in [0.717, 1.165) is 0 Å². The molecule has 1 aromatic heterocycles. The molecule has 0 unspecified atom stereocenters. The molecule has 2 rings (SSSR count). The van der Waals surface area contributed by atoms with Gasteiger partial charge in [0.05, 0.1) is 28.1 Å². The third-order valence-corrected chi connectivity index (χ3v) is 5.25. The molecular formula is C16H17N3O4S. The minimum atomic E-state index is -4.09. The lowest BCUT2D eigenvalue weighted by Crippen LogP contribution is -2.34. The van der Waals surface area contributed by atoms with Gasteiger partial charge in [0.25, 0.3) is 10.0 Å². The first kappa shape index (κ1) is 17.7. The van der Waals surface area contributed by atoms with Crippen LogP contribution in [0.3, 0.4) is 0 Å². The Kier molecular flexibility index (Phi) is 4.76. The zero-order chi connectivity index (χ0) is 18.1. The molecule has 1 aromatic carbocycles. The van der Waals surface area contributed by atoms with Gasteiger partial charge in [-0.15, -0.1) is 0 Å². The Bertz CT molecular complexity index is 919. The summed E-state index contributed by atoms with van der Waals surface area (Å²) in [5, 5.41) is 12.7. The van der Waals surface area contributed by atoms with Crippen molar-refractivity contribution in [2.45, 2.75) is 38.5 Å². The largest absolute Gasteiger partial charge is 0.361 e. The minimum absolute atomic E-state index is 0.0964. The Morgan fingerprint density at radius 3 is 2.54 bits per heavy atom. The molecule has 126 valence electrons. The highest BCUT2D eigenvalue weighted by Gasteiger charge is 2.27. The van der Waals surface area contributed by atoms with Gasteiger partial charge >= 0.3 is 0 Å². The molecule has 0 aliphatic rings. The number of amides is 1. The van der Waals surface area contributed by atoms with Crippen LogP contribution < -0.4 is 4.72 Å². The Labute approximate surface area is 140 Å². The molecule has 0 saturated heterocycles. The fraction of sp³-hybridized carbons (Fsp3) is 0.312. The molecule has 0 radical (unpaired) electrons. The number of carbonyl (C=O) groups is 1. The van der Waals surface area contributed by atoms with Crippen molar-refractivity contribution in [2.24, 2.45) is 0 Å². The van der Waals surface area contributed by atoms with Gasteiger partial charge in [0.15, 0.2) is 0 Å². The van der Waals surface area contributed by atoms with Crippen molar-refractivity contribution in [3.05, 3.63) is 46.3 Å². The van der Waals surface area contributed by atoms with Gasteiger partial charge in [0, 0.05) is 5.56 Å². The second-order valence-corrected chi connectivity index (χ2v) is 7.17. The summed E-state index contributed by atoms with van der Waals surface area (Å²) in [5.74, 6) is -0.966. The van der Waals surface area contributed by atoms with E-state index < -0.39 is 21.8 Å². The zero-order valence-corrected chi connectivity index (χ0v) is 14.6. The second-order valence-electron chi connectivity index (χ2n) is 5.52. The van der Waals surface area contributed by atoms with Crippen molar-refractivity contribution in [1.29, 1.82) is 5.26 Å². The van der Waals surface area contributed by atoms with E-state index >= 15 is 0 Å². The van der Waals surface area contributed by atoms with Crippen molar-refractivity contribution in [1.82, 2.24) is 9.88 Å². The van der Waals surface area contributed by atoms with E-state index in [0.29, 0.717) is 22.6 Å². The van der Waals surface area contributed by atoms with E-state index in [1.54, 1.807) is 27.7 Å². The van der Waals surface area contributed by atoms with Crippen LogP contribution in [0.4, 0.5) is 0 Å². The van der Waals surface area contributed by atoms with Crippen molar-refractivity contribution in [3.8, 4) is 6.07 Å². The monoisotopic (exact) mass is 347 g/mol. The summed E-state index contributed by atoms with van der Waals surface area (Å²) in [7, 11) is -4.09. The molecule has 1 heterocycles. The van der Waals surface area contributed by atoms with E-state index in [9.17, 15) is 13.2 Å². The number of rotatable bonds is 4. The van der Waals surface area contributed by atoms with Crippen LogP contribution in [0.2, 0.25) is 0 Å². The number of nitriles is 1. The third kappa shape index (κ3) is 3.31. The SMILES string of the molecule is Cc1ccc(C#N)cc1S(=O)(=O)NC(=O)[C@H](C)c1c(C)noc1C. The van der Waals surface area contributed by atoms with Gasteiger partial charge < -0.3 is 4.52 Å². The van der Waals surface area contributed by atoms with Crippen LogP contribution in [0.15, 0.2) is 27.6 Å². The van der Waals surface area contributed by atoms with Crippen LogP contribution in [0.25, 0.3) is 0 Å². The Morgan fingerprint density at radius 1 is 1.33 bits per heavy atom. The van der Waals surface area contributed by atoms with Gasteiger partial charge in [0.2, 0.25) is 5.91 Å². The molecule has 0 aliphatic carbocycles. The lowest BCUT2D eigenvalue weighted by molar-refractivity contribution is -0.120. The maximum absolute atomic E-state index is 12.5. The van der Waals surface area contributed by atoms with Crippen LogP contribution in [0.1, 0.15) is 41.0 Å². The molecule has 1 N–H and O–H groups in total. The highest BCUT2D eigenvalue weighted by atomic mass is 32.2. The number of aryl methyl sites for hydroxylation is 3. The number of sulfonamides is 1. The van der Waals surface area contributed by atoms with Gasteiger partial charge in [-0.1, -0.05) is 11.2 Å². The fourth-order valence-electron chi connectivity index (χ4n) is 2.47. The Morgan fingerprint density at radius 2 is 2.00 bits per heavy atom. The van der Waals surface area contributed by atoms with Crippen LogP contribution in [0, 0.1) is 32.1 Å². The molecule has 0 aliphatic heterocycles. The Hall–Kier alpha value is -2.66. The smallest absolute Gasteiger partial charge is 0.264 e. The summed E-state index contributed by atoms with van der Waals surface area (Å²) in [6.07, 6.45) is 0. The summed E-state index contributed by atoms with van der Waals surface area (Å²) < 4.78 is 32.1. The summed E-state index contributed by atoms with van der Waals surface area (Å²) >= 11 is 0. The average molecular weight is 347 g/mol. The first-order chi connectivity index (χ1) is 11.2. The Balaban J connectivity index is 2.33. The third-order valence-electron chi connectivity index (χ3n) is 3.76. The molecule has 1 amide bonds. The van der Waals surface area contributed by atoms with Crippen LogP contribution in [-0.4, -0.2) is 19.5 Å². The predicted molar refractivity (Wildman–Crippen MR) is 85.6 cm³/mol. The number of nitrogens with one attached hydrogen (secondary N) is 1. The number of carbonyl (C=O) groups excluding carboxylic acids is 1. The highest BCUT2D eigenvalue weighted by Crippen LogP contribution is 2.24. The van der Waals surface area contributed by atoms with Gasteiger partial charge in [-0.3, -0.25) is 4.79 Å². The molecule has 0 fully saturated rings. The van der Waals surface area contributed by atoms with Gasteiger partial charge in [-0.2, -0.15) is 5.26 Å². The quantitative estimate of drug-likeness (QED) is 0.906. The maximum atomic E-state index is 12.5. The van der Waals surface area contributed by atoms with Crippen molar-refractivity contribution >= 4 is 15.9 Å². The first-order valence-electron chi connectivity index (χ1n) is 7.17. The minimum Gasteiger partial charge on any atom is -0.361 e. The van der Waals surface area contributed by atoms with Crippen LogP contribution in [0.5, 0.6) is 0 Å². The predicted octanol–water partition coefficient (Wildman–Crippen LogP) is 2.08. The summed E-state index contributed by atoms with van der Waals surface area (Å²) in [5.41, 5.74) is 1.74. The summed E-state index contributed by atoms with van der Waals surface area (Å²) in [6.45, 7) is 6.52. The highest BCUT2D eigenvalue weighted by molar-refractivity contribution is 7.90. The first-order valence-corrected chi connectivity index (χ1v) is 8.66. The molecule has 0 bridgehead atoms. The van der Waals surface area contributed by atoms with E-state index in [1.807, 2.05) is 6.07 Å². The molecule has 7 nitrogen and oxygen atoms in total. The lowest BCUT2D eigenvalue weighted by atomic mass is 9.99. The molecule has 24 heavy (non-hydrogen) atoms. The number of nitrogens with zero attached hydrogens (tertiary/aromatic N) is 2. The molecule has 0 spiro atoms. The average Bonchev–Trinajstić information content (AvgIpc) is 2.85. The number of hydrogen-bond acceptors (Lipinski definition) is 6. The van der Waals surface area contributed by atoms with E-state index in [1.165, 1.54) is 18.2 Å². The van der Waals surface area contributed by atoms with Crippen molar-refractivity contribution in [2.75, 3.05) is 0 Å². The van der Waals surface area contributed by atoms with Crippen LogP contribution >= 0.6 is 0 Å². The number of aromatic nitrogens is 1. The van der Waals surface area contributed by atoms with E-state index in [2.05, 4.69) is 9.88 Å². The van der Waals surface area contributed by atoms with Crippen molar-refractivity contribution < 1.29 is 17.7 Å². The number of benzene rings is 1. The van der Waals surface area contributed by atoms with Crippen LogP contribution in [-0.2, 0) is 14.8 Å². The van der Waals surface area contributed by atoms with Gasteiger partial charge in [-0.05, 0) is 45.4 Å². The van der Waals surface area contributed by atoms with E-state index in [4.69, 9.17) is 9.78 Å². The molecular weight excluding hydrogens is 330 g/mol. The molecule has 8 heteroatoms. The molecule has 0 saturated carbocycles. The fourth-order valence-corrected chi connectivity index (χ4v) is 3.80. The van der Waals surface area contributed by atoms with E-state index in [-0.39, 0.29) is 10.5 Å². The topological polar surface area (TPSA) is 113 Å². The summed E-state index contributed by atoms with van der Waals surface area (Å²) in [4.78, 5) is 12.3. The molecule has 2 aromatic rings.